The van der Waals surface area contributed by atoms with E-state index in [1.165, 1.54) is 6.92 Å². The second-order valence-corrected chi connectivity index (χ2v) is 4.97. The van der Waals surface area contributed by atoms with Crippen LogP contribution in [-0.4, -0.2) is 37.4 Å². The van der Waals surface area contributed by atoms with Crippen LogP contribution < -0.4 is 0 Å². The van der Waals surface area contributed by atoms with E-state index in [1.807, 2.05) is 0 Å². The van der Waals surface area contributed by atoms with Gasteiger partial charge in [0.15, 0.2) is 5.79 Å². The van der Waals surface area contributed by atoms with Gasteiger partial charge in [-0.3, -0.25) is 9.59 Å². The summed E-state index contributed by atoms with van der Waals surface area (Å²) in [5.41, 5.74) is -0.990. The van der Waals surface area contributed by atoms with Crippen molar-refractivity contribution < 1.29 is 23.8 Å². The summed E-state index contributed by atoms with van der Waals surface area (Å²) in [7, 11) is 0. The minimum atomic E-state index is -0.990. The van der Waals surface area contributed by atoms with Gasteiger partial charge >= 0.3 is 5.97 Å². The van der Waals surface area contributed by atoms with E-state index in [4.69, 9.17) is 14.2 Å². The maximum absolute atomic E-state index is 12.0. The molecule has 102 valence electrons. The number of carbonyl (C=O) groups excluding carboxylic acids is 2. The highest BCUT2D eigenvalue weighted by Crippen LogP contribution is 2.45. The molecule has 1 saturated carbocycles. The monoisotopic (exact) mass is 256 g/mol. The number of carbonyl (C=O) groups is 2. The van der Waals surface area contributed by atoms with Crippen LogP contribution in [0, 0.1) is 5.41 Å². The molecule has 18 heavy (non-hydrogen) atoms. The van der Waals surface area contributed by atoms with Gasteiger partial charge in [-0.25, -0.2) is 0 Å². The molecule has 5 heteroatoms. The summed E-state index contributed by atoms with van der Waals surface area (Å²) in [6.45, 7) is 4.69. The smallest absolute Gasteiger partial charge is 0.319 e. The molecule has 0 radical (unpaired) electrons. The fraction of sp³-hybridized carbons (Fsp3) is 0.846. The van der Waals surface area contributed by atoms with Gasteiger partial charge < -0.3 is 14.2 Å². The highest BCUT2D eigenvalue weighted by molar-refractivity contribution is 6.02. The van der Waals surface area contributed by atoms with Gasteiger partial charge in [-0.2, -0.15) is 0 Å². The second kappa shape index (κ2) is 4.97. The zero-order valence-corrected chi connectivity index (χ0v) is 11.0. The molecule has 0 aromatic carbocycles. The van der Waals surface area contributed by atoms with Crippen molar-refractivity contribution in [3.8, 4) is 0 Å². The molecule has 0 bridgehead atoms. The lowest BCUT2D eigenvalue weighted by Gasteiger charge is -2.40. The lowest BCUT2D eigenvalue weighted by atomic mass is 9.69. The first kappa shape index (κ1) is 13.5. The quantitative estimate of drug-likeness (QED) is 0.565. The number of ketones is 1. The van der Waals surface area contributed by atoms with Gasteiger partial charge in [-0.1, -0.05) is 0 Å². The predicted molar refractivity (Wildman–Crippen MR) is 62.9 cm³/mol. The fourth-order valence-corrected chi connectivity index (χ4v) is 2.81. The molecule has 5 nitrogen and oxygen atoms in total. The highest BCUT2D eigenvalue weighted by atomic mass is 16.7. The maximum atomic E-state index is 12.0. The van der Waals surface area contributed by atoms with E-state index in [0.717, 1.165) is 0 Å². The van der Waals surface area contributed by atoms with Gasteiger partial charge in [0, 0.05) is 12.8 Å². The largest absolute Gasteiger partial charge is 0.465 e. The molecular weight excluding hydrogens is 236 g/mol. The summed E-state index contributed by atoms with van der Waals surface area (Å²) in [5.74, 6) is -1.08. The van der Waals surface area contributed by atoms with E-state index in [9.17, 15) is 9.59 Å². The van der Waals surface area contributed by atoms with Gasteiger partial charge in [0.1, 0.15) is 11.2 Å². The molecule has 0 aromatic rings. The Morgan fingerprint density at radius 3 is 2.11 bits per heavy atom. The third-order valence-corrected chi connectivity index (χ3v) is 4.02. The van der Waals surface area contributed by atoms with Gasteiger partial charge in [-0.15, -0.1) is 0 Å². The molecule has 2 aliphatic rings. The number of ether oxygens (including phenoxy) is 3. The Morgan fingerprint density at radius 2 is 1.67 bits per heavy atom. The molecule has 2 fully saturated rings. The first-order valence-electron chi connectivity index (χ1n) is 6.51. The Labute approximate surface area is 107 Å². The number of esters is 1. The van der Waals surface area contributed by atoms with Crippen LogP contribution in [0.3, 0.4) is 0 Å². The molecule has 1 heterocycles. The Kier molecular flexibility index (Phi) is 3.73. The van der Waals surface area contributed by atoms with Gasteiger partial charge in [0.05, 0.1) is 19.8 Å². The number of hydrogen-bond acceptors (Lipinski definition) is 5. The van der Waals surface area contributed by atoms with Crippen LogP contribution in [0.5, 0.6) is 0 Å². The minimum Gasteiger partial charge on any atom is -0.465 e. The third-order valence-electron chi connectivity index (χ3n) is 4.02. The first-order chi connectivity index (χ1) is 8.55. The Hall–Kier alpha value is -0.940. The van der Waals surface area contributed by atoms with Crippen LogP contribution in [0.4, 0.5) is 0 Å². The molecule has 1 aliphatic carbocycles. The number of rotatable bonds is 3. The van der Waals surface area contributed by atoms with Gasteiger partial charge in [-0.05, 0) is 26.7 Å². The van der Waals surface area contributed by atoms with Crippen LogP contribution in [0.15, 0.2) is 0 Å². The lowest BCUT2D eigenvalue weighted by molar-refractivity contribution is -0.199. The Balaban J connectivity index is 2.10. The van der Waals surface area contributed by atoms with Crippen molar-refractivity contribution in [1.82, 2.24) is 0 Å². The first-order valence-corrected chi connectivity index (χ1v) is 6.51. The summed E-state index contributed by atoms with van der Waals surface area (Å²) in [6, 6.07) is 0. The van der Waals surface area contributed by atoms with Crippen molar-refractivity contribution in [2.24, 2.45) is 5.41 Å². The molecule has 0 N–H and O–H groups in total. The van der Waals surface area contributed by atoms with E-state index in [2.05, 4.69) is 0 Å². The van der Waals surface area contributed by atoms with Crippen molar-refractivity contribution >= 4 is 11.8 Å². The summed E-state index contributed by atoms with van der Waals surface area (Å²) in [4.78, 5) is 23.9. The molecule has 0 aromatic heterocycles. The summed E-state index contributed by atoms with van der Waals surface area (Å²) in [5, 5.41) is 0. The van der Waals surface area contributed by atoms with Crippen LogP contribution in [-0.2, 0) is 23.8 Å². The maximum Gasteiger partial charge on any atom is 0.319 e. The van der Waals surface area contributed by atoms with Crippen LogP contribution >= 0.6 is 0 Å². The van der Waals surface area contributed by atoms with Crippen molar-refractivity contribution in [2.75, 3.05) is 19.8 Å². The molecule has 1 aliphatic heterocycles. The topological polar surface area (TPSA) is 61.8 Å². The summed E-state index contributed by atoms with van der Waals surface area (Å²) >= 11 is 0. The van der Waals surface area contributed by atoms with Crippen molar-refractivity contribution in [3.63, 3.8) is 0 Å². The van der Waals surface area contributed by atoms with E-state index < -0.39 is 17.2 Å². The molecule has 2 rings (SSSR count). The Bertz CT molecular complexity index is 333. The van der Waals surface area contributed by atoms with Crippen LogP contribution in [0.25, 0.3) is 0 Å². The molecule has 0 atom stereocenters. The predicted octanol–water partition coefficient (Wildman–Crippen LogP) is 1.44. The van der Waals surface area contributed by atoms with Crippen molar-refractivity contribution in [1.29, 1.82) is 0 Å². The standard InChI is InChI=1S/C13H20O5/c1-3-16-11(15)12(10(2)14)4-6-13(7-5-12)17-8-9-18-13/h3-9H2,1-2H3. The fourth-order valence-electron chi connectivity index (χ4n) is 2.81. The van der Waals surface area contributed by atoms with E-state index >= 15 is 0 Å². The summed E-state index contributed by atoms with van der Waals surface area (Å²) < 4.78 is 16.3. The molecular formula is C13H20O5. The lowest BCUT2D eigenvalue weighted by Crippen LogP contribution is -2.48. The van der Waals surface area contributed by atoms with E-state index in [1.54, 1.807) is 6.92 Å². The second-order valence-electron chi connectivity index (χ2n) is 4.97. The summed E-state index contributed by atoms with van der Waals surface area (Å²) in [6.07, 6.45) is 2.04. The average Bonchev–Trinajstić information content (AvgIpc) is 2.79. The van der Waals surface area contributed by atoms with Crippen LogP contribution in [0.2, 0.25) is 0 Å². The average molecular weight is 256 g/mol. The number of hydrogen-bond donors (Lipinski definition) is 0. The van der Waals surface area contributed by atoms with E-state index in [-0.39, 0.29) is 5.78 Å². The zero-order chi connectivity index (χ0) is 13.2. The van der Waals surface area contributed by atoms with Crippen molar-refractivity contribution in [3.05, 3.63) is 0 Å². The van der Waals surface area contributed by atoms with Crippen LogP contribution in [0.1, 0.15) is 39.5 Å². The third kappa shape index (κ3) is 2.17. The van der Waals surface area contributed by atoms with E-state index in [0.29, 0.717) is 45.5 Å². The van der Waals surface area contributed by atoms with Gasteiger partial charge in [0.25, 0.3) is 0 Å². The minimum absolute atomic E-state index is 0.117. The molecule has 0 amide bonds. The van der Waals surface area contributed by atoms with Crippen molar-refractivity contribution in [2.45, 2.75) is 45.3 Å². The molecule has 0 unspecified atom stereocenters. The molecule has 1 spiro atoms. The number of Topliss-reactive ketones (excluding diaryl/α,β-unsaturated/α-hetero) is 1. The molecule has 1 saturated heterocycles. The normalized spacial score (nSPS) is 25.0. The SMILES string of the molecule is CCOC(=O)C1(C(C)=O)CCC2(CC1)OCCO2. The van der Waals surface area contributed by atoms with Gasteiger partial charge in [0.2, 0.25) is 0 Å². The zero-order valence-electron chi connectivity index (χ0n) is 11.0. The Morgan fingerprint density at radius 1 is 1.11 bits per heavy atom. The highest BCUT2D eigenvalue weighted by Gasteiger charge is 2.53.